The molecule has 4 nitrogen and oxygen atoms in total. The molecule has 1 aromatic rings. The van der Waals surface area contributed by atoms with Gasteiger partial charge in [-0.3, -0.25) is 14.7 Å². The van der Waals surface area contributed by atoms with Crippen LogP contribution in [0.25, 0.3) is 0 Å². The Morgan fingerprint density at radius 3 is 2.90 bits per heavy atom. The van der Waals surface area contributed by atoms with Gasteiger partial charge in [-0.2, -0.15) is 0 Å². The molecule has 3 rings (SSSR count). The number of carboxylic acids is 1. The minimum Gasteiger partial charge on any atom is -0.481 e. The lowest BCUT2D eigenvalue weighted by Crippen LogP contribution is -2.36. The first-order valence-corrected chi connectivity index (χ1v) is 7.23. The van der Waals surface area contributed by atoms with Crippen molar-refractivity contribution in [2.24, 2.45) is 5.92 Å². The zero-order valence-electron chi connectivity index (χ0n) is 11.5. The van der Waals surface area contributed by atoms with Gasteiger partial charge in [-0.25, -0.2) is 4.39 Å². The zero-order chi connectivity index (χ0) is 14.3. The predicted molar refractivity (Wildman–Crippen MR) is 71.6 cm³/mol. The molecule has 1 N–H and O–H groups in total. The Hall–Kier alpha value is -1.49. The minimum atomic E-state index is -0.691. The summed E-state index contributed by atoms with van der Waals surface area (Å²) < 4.78 is 13.0. The molecule has 2 bridgehead atoms. The van der Waals surface area contributed by atoms with Crippen LogP contribution in [0.3, 0.4) is 0 Å². The van der Waals surface area contributed by atoms with Gasteiger partial charge >= 0.3 is 5.97 Å². The van der Waals surface area contributed by atoms with E-state index in [9.17, 15) is 14.3 Å². The second-order valence-corrected chi connectivity index (χ2v) is 5.75. The van der Waals surface area contributed by atoms with Crippen molar-refractivity contribution in [2.45, 2.75) is 50.7 Å². The summed E-state index contributed by atoms with van der Waals surface area (Å²) in [5.41, 5.74) is 0.844. The van der Waals surface area contributed by atoms with Crippen LogP contribution >= 0.6 is 0 Å². The number of fused-ring (bicyclic) bond motifs is 2. The van der Waals surface area contributed by atoms with E-state index in [0.717, 1.165) is 31.4 Å². The highest BCUT2D eigenvalue weighted by atomic mass is 19.1. The van der Waals surface area contributed by atoms with E-state index in [2.05, 4.69) is 16.8 Å². The summed E-state index contributed by atoms with van der Waals surface area (Å²) in [4.78, 5) is 17.9. The van der Waals surface area contributed by atoms with Gasteiger partial charge in [0, 0.05) is 12.1 Å². The maximum Gasteiger partial charge on any atom is 0.308 e. The van der Waals surface area contributed by atoms with Gasteiger partial charge in [-0.05, 0) is 37.8 Å². The molecule has 2 aliphatic heterocycles. The number of hydrogen-bond acceptors (Lipinski definition) is 3. The first-order chi connectivity index (χ1) is 9.61. The van der Waals surface area contributed by atoms with Crippen molar-refractivity contribution >= 4 is 5.97 Å². The van der Waals surface area contributed by atoms with Gasteiger partial charge in [0.2, 0.25) is 0 Å². The number of rotatable bonds is 4. The van der Waals surface area contributed by atoms with Crippen molar-refractivity contribution in [3.8, 4) is 0 Å². The van der Waals surface area contributed by atoms with E-state index < -0.39 is 5.97 Å². The fraction of sp³-hybridized carbons (Fsp3) is 0.600. The fourth-order valence-corrected chi connectivity index (χ4v) is 3.94. The second-order valence-electron chi connectivity index (χ2n) is 5.75. The topological polar surface area (TPSA) is 53.4 Å². The van der Waals surface area contributed by atoms with Crippen molar-refractivity contribution in [3.63, 3.8) is 0 Å². The largest absolute Gasteiger partial charge is 0.481 e. The van der Waals surface area contributed by atoms with Gasteiger partial charge in [0.05, 0.1) is 23.9 Å². The molecule has 108 valence electrons. The summed E-state index contributed by atoms with van der Waals surface area (Å²) >= 11 is 0. The molecule has 0 saturated carbocycles. The van der Waals surface area contributed by atoms with Crippen LogP contribution in [0.15, 0.2) is 18.3 Å². The molecule has 20 heavy (non-hydrogen) atoms. The molecule has 2 saturated heterocycles. The van der Waals surface area contributed by atoms with Crippen molar-refractivity contribution < 1.29 is 14.3 Å². The molecule has 4 atom stereocenters. The third-order valence-corrected chi connectivity index (χ3v) is 4.75. The first-order valence-electron chi connectivity index (χ1n) is 7.23. The Balaban J connectivity index is 1.87. The molecule has 1 aromatic heterocycles. The van der Waals surface area contributed by atoms with Crippen LogP contribution in [0.5, 0.6) is 0 Å². The normalized spacial score (nSPS) is 30.6. The van der Waals surface area contributed by atoms with Gasteiger partial charge in [-0.15, -0.1) is 0 Å². The van der Waals surface area contributed by atoms with Crippen LogP contribution < -0.4 is 0 Å². The zero-order valence-corrected chi connectivity index (χ0v) is 11.5. The fourth-order valence-electron chi connectivity index (χ4n) is 3.94. The highest BCUT2D eigenvalue weighted by Crippen LogP contribution is 2.47. The van der Waals surface area contributed by atoms with Crippen LogP contribution in [0.1, 0.15) is 44.3 Å². The molecule has 0 amide bonds. The standard InChI is InChI=1S/C15H19FN2O2/c1-2-13(12-5-3-9(16)8-17-12)18-10-4-6-14(18)11(7-10)15(19)20/h3,5,8,10-11,13-14H,2,4,6-7H2,1H3,(H,19,20). The van der Waals surface area contributed by atoms with Gasteiger partial charge < -0.3 is 5.11 Å². The molecule has 4 unspecified atom stereocenters. The number of carbonyl (C=O) groups is 1. The van der Waals surface area contributed by atoms with E-state index in [1.165, 1.54) is 12.3 Å². The molecule has 2 fully saturated rings. The molecule has 0 aromatic carbocycles. The van der Waals surface area contributed by atoms with Crippen molar-refractivity contribution in [2.75, 3.05) is 0 Å². The van der Waals surface area contributed by atoms with Gasteiger partial charge in [0.25, 0.3) is 0 Å². The highest BCUT2D eigenvalue weighted by molar-refractivity contribution is 5.71. The number of pyridine rings is 1. The lowest BCUT2D eigenvalue weighted by molar-refractivity contribution is -0.142. The van der Waals surface area contributed by atoms with Crippen LogP contribution in [0.2, 0.25) is 0 Å². The molecule has 0 aliphatic carbocycles. The van der Waals surface area contributed by atoms with Gasteiger partial charge in [-0.1, -0.05) is 6.92 Å². The molecule has 3 heterocycles. The molecule has 0 radical (unpaired) electrons. The summed E-state index contributed by atoms with van der Waals surface area (Å²) in [7, 11) is 0. The Morgan fingerprint density at radius 2 is 2.35 bits per heavy atom. The van der Waals surface area contributed by atoms with Crippen LogP contribution in [0.4, 0.5) is 4.39 Å². The average molecular weight is 278 g/mol. The van der Waals surface area contributed by atoms with E-state index >= 15 is 0 Å². The third-order valence-electron chi connectivity index (χ3n) is 4.75. The van der Waals surface area contributed by atoms with Gasteiger partial charge in [0.1, 0.15) is 5.82 Å². The summed E-state index contributed by atoms with van der Waals surface area (Å²) in [6.45, 7) is 2.07. The molecule has 2 aliphatic rings. The minimum absolute atomic E-state index is 0.0949. The molecule has 5 heteroatoms. The Bertz CT molecular complexity index is 505. The number of halogens is 1. The van der Waals surface area contributed by atoms with Crippen LogP contribution in [0, 0.1) is 11.7 Å². The summed E-state index contributed by atoms with van der Waals surface area (Å²) in [5.74, 6) is -1.29. The van der Waals surface area contributed by atoms with E-state index in [-0.39, 0.29) is 23.8 Å². The number of aliphatic carboxylic acids is 1. The number of nitrogens with zero attached hydrogens (tertiary/aromatic N) is 2. The maximum atomic E-state index is 13.0. The molecule has 0 spiro atoms. The van der Waals surface area contributed by atoms with E-state index in [1.807, 2.05) is 0 Å². The third kappa shape index (κ3) is 2.10. The van der Waals surface area contributed by atoms with E-state index in [4.69, 9.17) is 0 Å². The molecular weight excluding hydrogens is 259 g/mol. The summed E-state index contributed by atoms with van der Waals surface area (Å²) in [5, 5.41) is 9.32. The van der Waals surface area contributed by atoms with E-state index in [1.54, 1.807) is 6.07 Å². The smallest absolute Gasteiger partial charge is 0.308 e. The lowest BCUT2D eigenvalue weighted by Gasteiger charge is -2.31. The first kappa shape index (κ1) is 13.5. The lowest BCUT2D eigenvalue weighted by atomic mass is 9.89. The van der Waals surface area contributed by atoms with Crippen LogP contribution in [-0.4, -0.2) is 33.0 Å². The predicted octanol–water partition coefficient (Wildman–Crippen LogP) is 2.61. The van der Waals surface area contributed by atoms with Crippen LogP contribution in [-0.2, 0) is 4.79 Å². The van der Waals surface area contributed by atoms with Crippen molar-refractivity contribution in [1.29, 1.82) is 0 Å². The summed E-state index contributed by atoms with van der Waals surface area (Å²) in [6.07, 6.45) is 4.84. The Labute approximate surface area is 117 Å². The van der Waals surface area contributed by atoms with E-state index in [0.29, 0.717) is 6.04 Å². The van der Waals surface area contributed by atoms with Gasteiger partial charge in [0.15, 0.2) is 0 Å². The molecular formula is C15H19FN2O2. The second kappa shape index (κ2) is 5.13. The SMILES string of the molecule is CCC(c1ccc(F)cn1)N1C2CCC1C(C(=O)O)C2. The van der Waals surface area contributed by atoms with Crippen molar-refractivity contribution in [1.82, 2.24) is 9.88 Å². The maximum absolute atomic E-state index is 13.0. The van der Waals surface area contributed by atoms with Crippen molar-refractivity contribution in [3.05, 3.63) is 29.8 Å². The Morgan fingerprint density at radius 1 is 1.55 bits per heavy atom. The monoisotopic (exact) mass is 278 g/mol. The number of aromatic nitrogens is 1. The highest BCUT2D eigenvalue weighted by Gasteiger charge is 2.51. The Kier molecular flexibility index (Phi) is 3.46. The average Bonchev–Trinajstić information content (AvgIpc) is 3.00. The summed E-state index contributed by atoms with van der Waals surface area (Å²) in [6, 6.07) is 3.68. The number of hydrogen-bond donors (Lipinski definition) is 1. The quantitative estimate of drug-likeness (QED) is 0.920. The number of carboxylic acid groups (broad SMARTS) is 1.